The standard InChI is InChI=1S/C16H16Br2O3/c1-11-8-14(18)9-12(10-19)16(11)21-7-6-20-15-4-2-13(17)3-5-15/h2-5,8-9,19H,6-7,10H2,1H3. The van der Waals surface area contributed by atoms with Crippen molar-refractivity contribution in [2.24, 2.45) is 0 Å². The molecule has 0 unspecified atom stereocenters. The van der Waals surface area contributed by atoms with E-state index in [9.17, 15) is 5.11 Å². The number of halogens is 2. The minimum atomic E-state index is -0.0524. The third kappa shape index (κ3) is 4.73. The van der Waals surface area contributed by atoms with Crippen molar-refractivity contribution >= 4 is 31.9 Å². The number of aliphatic hydroxyl groups excluding tert-OH is 1. The molecule has 0 spiro atoms. The summed E-state index contributed by atoms with van der Waals surface area (Å²) in [6, 6.07) is 11.5. The second-order valence-corrected chi connectivity index (χ2v) is 6.35. The first-order valence-electron chi connectivity index (χ1n) is 6.51. The van der Waals surface area contributed by atoms with Crippen LogP contribution in [0, 0.1) is 6.92 Å². The van der Waals surface area contributed by atoms with Gasteiger partial charge in [0.25, 0.3) is 0 Å². The Balaban J connectivity index is 1.90. The molecule has 0 atom stereocenters. The minimum Gasteiger partial charge on any atom is -0.490 e. The van der Waals surface area contributed by atoms with Gasteiger partial charge < -0.3 is 14.6 Å². The lowest BCUT2D eigenvalue weighted by molar-refractivity contribution is 0.209. The highest BCUT2D eigenvalue weighted by atomic mass is 79.9. The van der Waals surface area contributed by atoms with E-state index in [0.717, 1.165) is 31.6 Å². The Morgan fingerprint density at radius 1 is 0.952 bits per heavy atom. The lowest BCUT2D eigenvalue weighted by atomic mass is 10.1. The van der Waals surface area contributed by atoms with Crippen molar-refractivity contribution in [2.75, 3.05) is 13.2 Å². The normalized spacial score (nSPS) is 10.5. The van der Waals surface area contributed by atoms with Crippen molar-refractivity contribution in [1.82, 2.24) is 0 Å². The van der Waals surface area contributed by atoms with Crippen LogP contribution in [0.25, 0.3) is 0 Å². The number of rotatable bonds is 6. The van der Waals surface area contributed by atoms with E-state index in [-0.39, 0.29) is 6.61 Å². The van der Waals surface area contributed by atoms with Crippen molar-refractivity contribution in [3.8, 4) is 11.5 Å². The van der Waals surface area contributed by atoms with Crippen LogP contribution >= 0.6 is 31.9 Å². The maximum atomic E-state index is 9.39. The van der Waals surface area contributed by atoms with Gasteiger partial charge >= 0.3 is 0 Å². The Morgan fingerprint density at radius 3 is 2.29 bits per heavy atom. The van der Waals surface area contributed by atoms with Gasteiger partial charge in [-0.05, 0) is 48.9 Å². The molecule has 1 N–H and O–H groups in total. The Hall–Kier alpha value is -1.04. The summed E-state index contributed by atoms with van der Waals surface area (Å²) in [6.45, 7) is 2.77. The Morgan fingerprint density at radius 2 is 1.62 bits per heavy atom. The molecule has 21 heavy (non-hydrogen) atoms. The van der Waals surface area contributed by atoms with E-state index < -0.39 is 0 Å². The average Bonchev–Trinajstić information content (AvgIpc) is 2.46. The van der Waals surface area contributed by atoms with Gasteiger partial charge in [-0.2, -0.15) is 0 Å². The Labute approximate surface area is 141 Å². The van der Waals surface area contributed by atoms with Crippen molar-refractivity contribution in [3.05, 3.63) is 56.5 Å². The zero-order valence-corrected chi connectivity index (χ0v) is 14.8. The van der Waals surface area contributed by atoms with Gasteiger partial charge in [0, 0.05) is 14.5 Å². The first-order valence-corrected chi connectivity index (χ1v) is 8.10. The van der Waals surface area contributed by atoms with E-state index in [2.05, 4.69) is 31.9 Å². The number of aryl methyl sites for hydroxylation is 1. The smallest absolute Gasteiger partial charge is 0.127 e. The molecule has 0 fully saturated rings. The summed E-state index contributed by atoms with van der Waals surface area (Å²) >= 11 is 6.79. The van der Waals surface area contributed by atoms with Crippen LogP contribution in [0.4, 0.5) is 0 Å². The van der Waals surface area contributed by atoms with Gasteiger partial charge in [-0.1, -0.05) is 31.9 Å². The van der Waals surface area contributed by atoms with Crippen LogP contribution in [-0.2, 0) is 6.61 Å². The van der Waals surface area contributed by atoms with Crippen LogP contribution in [-0.4, -0.2) is 18.3 Å². The van der Waals surface area contributed by atoms with Gasteiger partial charge in [-0.15, -0.1) is 0 Å². The van der Waals surface area contributed by atoms with E-state index in [1.54, 1.807) is 0 Å². The molecular weight excluding hydrogens is 400 g/mol. The summed E-state index contributed by atoms with van der Waals surface area (Å²) in [6.07, 6.45) is 0. The molecule has 2 rings (SSSR count). The van der Waals surface area contributed by atoms with E-state index in [0.29, 0.717) is 13.2 Å². The quantitative estimate of drug-likeness (QED) is 0.707. The first-order chi connectivity index (χ1) is 10.1. The highest BCUT2D eigenvalue weighted by Crippen LogP contribution is 2.28. The van der Waals surface area contributed by atoms with Gasteiger partial charge in [-0.3, -0.25) is 0 Å². The predicted molar refractivity (Wildman–Crippen MR) is 89.9 cm³/mol. The van der Waals surface area contributed by atoms with E-state index in [1.165, 1.54) is 0 Å². The fraction of sp³-hybridized carbons (Fsp3) is 0.250. The highest BCUT2D eigenvalue weighted by molar-refractivity contribution is 9.10. The molecule has 5 heteroatoms. The third-order valence-corrected chi connectivity index (χ3v) is 3.89. The molecule has 0 bridgehead atoms. The van der Waals surface area contributed by atoms with Crippen molar-refractivity contribution in [1.29, 1.82) is 0 Å². The van der Waals surface area contributed by atoms with Crippen LogP contribution in [0.3, 0.4) is 0 Å². The molecule has 3 nitrogen and oxygen atoms in total. The number of aliphatic hydroxyl groups is 1. The van der Waals surface area contributed by atoms with Gasteiger partial charge in [0.05, 0.1) is 6.61 Å². The minimum absolute atomic E-state index is 0.0524. The highest BCUT2D eigenvalue weighted by Gasteiger charge is 2.08. The molecule has 0 aliphatic carbocycles. The lowest BCUT2D eigenvalue weighted by Gasteiger charge is -2.14. The van der Waals surface area contributed by atoms with Crippen LogP contribution in [0.5, 0.6) is 11.5 Å². The number of hydrogen-bond donors (Lipinski definition) is 1. The fourth-order valence-corrected chi connectivity index (χ4v) is 2.84. The van der Waals surface area contributed by atoms with Crippen LogP contribution in [0.2, 0.25) is 0 Å². The predicted octanol–water partition coefficient (Wildman–Crippen LogP) is 4.47. The lowest BCUT2D eigenvalue weighted by Crippen LogP contribution is -2.11. The summed E-state index contributed by atoms with van der Waals surface area (Å²) in [4.78, 5) is 0. The van der Waals surface area contributed by atoms with Crippen molar-refractivity contribution in [3.63, 3.8) is 0 Å². The molecule has 0 saturated heterocycles. The summed E-state index contributed by atoms with van der Waals surface area (Å²) in [5.41, 5.74) is 1.75. The maximum Gasteiger partial charge on any atom is 0.127 e. The van der Waals surface area contributed by atoms with Crippen LogP contribution < -0.4 is 9.47 Å². The van der Waals surface area contributed by atoms with E-state index in [1.807, 2.05) is 43.3 Å². The molecule has 0 amide bonds. The second kappa shape index (κ2) is 7.82. The van der Waals surface area contributed by atoms with Gasteiger partial charge in [0.15, 0.2) is 0 Å². The van der Waals surface area contributed by atoms with Crippen LogP contribution in [0.15, 0.2) is 45.3 Å². The molecule has 2 aromatic carbocycles. The maximum absolute atomic E-state index is 9.39. The average molecular weight is 416 g/mol. The second-order valence-electron chi connectivity index (χ2n) is 4.52. The fourth-order valence-electron chi connectivity index (χ4n) is 1.96. The Bertz CT molecular complexity index is 597. The van der Waals surface area contributed by atoms with E-state index in [4.69, 9.17) is 9.47 Å². The topological polar surface area (TPSA) is 38.7 Å². The number of hydrogen-bond acceptors (Lipinski definition) is 3. The van der Waals surface area contributed by atoms with Crippen LogP contribution in [0.1, 0.15) is 11.1 Å². The molecule has 112 valence electrons. The van der Waals surface area contributed by atoms with Gasteiger partial charge in [0.1, 0.15) is 24.7 Å². The van der Waals surface area contributed by atoms with Crippen molar-refractivity contribution < 1.29 is 14.6 Å². The molecule has 0 saturated carbocycles. The summed E-state index contributed by atoms with van der Waals surface area (Å²) in [7, 11) is 0. The zero-order chi connectivity index (χ0) is 15.2. The van der Waals surface area contributed by atoms with Gasteiger partial charge in [-0.25, -0.2) is 0 Å². The van der Waals surface area contributed by atoms with Gasteiger partial charge in [0.2, 0.25) is 0 Å². The molecule has 0 radical (unpaired) electrons. The summed E-state index contributed by atoms with van der Waals surface area (Å²) < 4.78 is 13.3. The Kier molecular flexibility index (Phi) is 6.08. The number of ether oxygens (including phenoxy) is 2. The largest absolute Gasteiger partial charge is 0.490 e. The molecular formula is C16H16Br2O3. The first kappa shape index (κ1) is 16.3. The molecule has 0 aliphatic rings. The molecule has 0 aromatic heterocycles. The summed E-state index contributed by atoms with van der Waals surface area (Å²) in [5, 5.41) is 9.39. The third-order valence-electron chi connectivity index (χ3n) is 2.90. The monoisotopic (exact) mass is 414 g/mol. The molecule has 0 aliphatic heterocycles. The molecule has 2 aromatic rings. The summed E-state index contributed by atoms with van der Waals surface area (Å²) in [5.74, 6) is 1.52. The van der Waals surface area contributed by atoms with E-state index >= 15 is 0 Å². The zero-order valence-electron chi connectivity index (χ0n) is 11.6. The molecule has 0 heterocycles. The SMILES string of the molecule is Cc1cc(Br)cc(CO)c1OCCOc1ccc(Br)cc1. The van der Waals surface area contributed by atoms with Crippen molar-refractivity contribution in [2.45, 2.75) is 13.5 Å². The number of benzene rings is 2.